The number of fused-ring (bicyclic) bond motifs is 1. The number of rotatable bonds is 3. The van der Waals surface area contributed by atoms with Crippen molar-refractivity contribution in [3.63, 3.8) is 0 Å². The predicted octanol–water partition coefficient (Wildman–Crippen LogP) is 3.44. The smallest absolute Gasteiger partial charge is 0.414 e. The Bertz CT molecular complexity index is 765. The number of carboxylic acids is 1. The summed E-state index contributed by atoms with van der Waals surface area (Å²) in [7, 11) is 0. The van der Waals surface area contributed by atoms with Crippen LogP contribution in [0.25, 0.3) is 0 Å². The minimum atomic E-state index is -1.15. The zero-order valence-corrected chi connectivity index (χ0v) is 14.1. The number of para-hydroxylation sites is 1. The summed E-state index contributed by atoms with van der Waals surface area (Å²) in [6, 6.07) is 14.4. The van der Waals surface area contributed by atoms with E-state index in [0.717, 1.165) is 5.56 Å². The summed E-state index contributed by atoms with van der Waals surface area (Å²) in [5, 5.41) is 9.24. The van der Waals surface area contributed by atoms with Crippen LogP contribution in [0.15, 0.2) is 53.0 Å². The van der Waals surface area contributed by atoms with E-state index >= 15 is 0 Å². The Morgan fingerprint density at radius 1 is 1.21 bits per heavy atom. The second kappa shape index (κ2) is 6.92. The second-order valence-corrected chi connectivity index (χ2v) is 6.04. The lowest BCUT2D eigenvalue weighted by Crippen LogP contribution is -2.47. The number of nitrogens with zero attached hydrogens (tertiary/aromatic N) is 1. The molecular weight excluding hydrogens is 378 g/mol. The molecule has 24 heavy (non-hydrogen) atoms. The number of carboxylic acid groups (broad SMARTS) is 1. The van der Waals surface area contributed by atoms with Gasteiger partial charge in [-0.25, -0.2) is 9.59 Å². The maximum absolute atomic E-state index is 12.5. The molecule has 0 radical (unpaired) electrons. The second-order valence-electron chi connectivity index (χ2n) is 5.18. The van der Waals surface area contributed by atoms with Gasteiger partial charge in [0, 0.05) is 0 Å². The van der Waals surface area contributed by atoms with Gasteiger partial charge in [0.1, 0.15) is 6.61 Å². The average Bonchev–Trinajstić information content (AvgIpc) is 2.60. The molecule has 1 aliphatic rings. The molecular formula is C17H14BrNO5. The van der Waals surface area contributed by atoms with Crippen molar-refractivity contribution in [1.82, 2.24) is 0 Å². The number of benzene rings is 2. The summed E-state index contributed by atoms with van der Waals surface area (Å²) in [5.74, 6) is -0.829. The van der Waals surface area contributed by atoms with Crippen molar-refractivity contribution in [2.45, 2.75) is 12.7 Å². The van der Waals surface area contributed by atoms with E-state index in [9.17, 15) is 14.7 Å². The number of carbonyl (C=O) groups is 2. The summed E-state index contributed by atoms with van der Waals surface area (Å²) < 4.78 is 11.4. The monoisotopic (exact) mass is 391 g/mol. The molecule has 1 unspecified atom stereocenters. The largest absolute Gasteiger partial charge is 0.478 e. The third-order valence-corrected chi connectivity index (χ3v) is 4.17. The van der Waals surface area contributed by atoms with Crippen molar-refractivity contribution < 1.29 is 24.2 Å². The molecule has 1 N–H and O–H groups in total. The lowest BCUT2D eigenvalue weighted by molar-refractivity contribution is -0.144. The number of carbonyl (C=O) groups excluding carboxylic acids is 1. The van der Waals surface area contributed by atoms with Gasteiger partial charge in [-0.15, -0.1) is 0 Å². The molecule has 0 spiro atoms. The molecule has 7 heteroatoms. The lowest BCUT2D eigenvalue weighted by Gasteiger charge is -2.32. The molecule has 2 aromatic carbocycles. The first-order valence-electron chi connectivity index (χ1n) is 7.22. The SMILES string of the molecule is O=C(O)C1CN(C(=O)OCc2ccccc2)c2cccc(Br)c2O1. The van der Waals surface area contributed by atoms with Gasteiger partial charge in [-0.1, -0.05) is 36.4 Å². The Morgan fingerprint density at radius 3 is 2.67 bits per heavy atom. The van der Waals surface area contributed by atoms with Gasteiger partial charge in [-0.05, 0) is 33.6 Å². The molecule has 3 rings (SSSR count). The van der Waals surface area contributed by atoms with Crippen molar-refractivity contribution in [3.8, 4) is 5.75 Å². The molecule has 0 saturated heterocycles. The van der Waals surface area contributed by atoms with E-state index in [4.69, 9.17) is 9.47 Å². The molecule has 2 aromatic rings. The van der Waals surface area contributed by atoms with Crippen LogP contribution in [0.4, 0.5) is 10.5 Å². The molecule has 1 amide bonds. The van der Waals surface area contributed by atoms with Crippen LogP contribution in [-0.2, 0) is 16.1 Å². The van der Waals surface area contributed by atoms with Crippen LogP contribution in [0.2, 0.25) is 0 Å². The molecule has 0 aromatic heterocycles. The summed E-state index contributed by atoms with van der Waals surface area (Å²) in [5.41, 5.74) is 1.32. The first-order chi connectivity index (χ1) is 11.6. The third-order valence-electron chi connectivity index (χ3n) is 3.55. The molecule has 0 bridgehead atoms. The van der Waals surface area contributed by atoms with E-state index in [1.807, 2.05) is 30.3 Å². The Hall–Kier alpha value is -2.54. The van der Waals surface area contributed by atoms with Gasteiger partial charge in [0.25, 0.3) is 0 Å². The van der Waals surface area contributed by atoms with Gasteiger partial charge in [0.15, 0.2) is 5.75 Å². The minimum absolute atomic E-state index is 0.109. The van der Waals surface area contributed by atoms with Crippen LogP contribution in [0.5, 0.6) is 5.75 Å². The van der Waals surface area contributed by atoms with Crippen molar-refractivity contribution in [1.29, 1.82) is 0 Å². The highest BCUT2D eigenvalue weighted by Crippen LogP contribution is 2.39. The zero-order chi connectivity index (χ0) is 17.1. The van der Waals surface area contributed by atoms with Crippen LogP contribution in [0.1, 0.15) is 5.56 Å². The molecule has 1 aliphatic heterocycles. The first-order valence-corrected chi connectivity index (χ1v) is 8.02. The highest BCUT2D eigenvalue weighted by Gasteiger charge is 2.35. The Kier molecular flexibility index (Phi) is 4.71. The number of halogens is 1. The Balaban J connectivity index is 1.82. The van der Waals surface area contributed by atoms with Crippen molar-refractivity contribution >= 4 is 33.7 Å². The maximum Gasteiger partial charge on any atom is 0.414 e. The van der Waals surface area contributed by atoms with E-state index in [1.165, 1.54) is 4.90 Å². The van der Waals surface area contributed by atoms with Gasteiger partial charge < -0.3 is 14.6 Å². The van der Waals surface area contributed by atoms with Gasteiger partial charge in [0.2, 0.25) is 6.10 Å². The van der Waals surface area contributed by atoms with Crippen LogP contribution >= 0.6 is 15.9 Å². The Labute approximate surface area is 146 Å². The fourth-order valence-corrected chi connectivity index (χ4v) is 2.82. The fourth-order valence-electron chi connectivity index (χ4n) is 2.37. The van der Waals surface area contributed by atoms with E-state index in [1.54, 1.807) is 18.2 Å². The number of amides is 1. The fraction of sp³-hybridized carbons (Fsp3) is 0.176. The summed E-state index contributed by atoms with van der Waals surface area (Å²) in [6.45, 7) is -0.00941. The maximum atomic E-state index is 12.5. The molecule has 0 fully saturated rings. The standard InChI is InChI=1S/C17H14BrNO5/c18-12-7-4-8-13-15(12)24-14(16(20)21)9-19(13)17(22)23-10-11-5-2-1-3-6-11/h1-8,14H,9-10H2,(H,20,21). The number of hydrogen-bond donors (Lipinski definition) is 1. The van der Waals surface area contributed by atoms with Crippen molar-refractivity contribution in [3.05, 3.63) is 58.6 Å². The van der Waals surface area contributed by atoms with Crippen molar-refractivity contribution in [2.75, 3.05) is 11.4 Å². The van der Waals surface area contributed by atoms with Crippen LogP contribution in [0.3, 0.4) is 0 Å². The predicted molar refractivity (Wildman–Crippen MR) is 90.2 cm³/mol. The number of ether oxygens (including phenoxy) is 2. The number of anilines is 1. The average molecular weight is 392 g/mol. The topological polar surface area (TPSA) is 76.1 Å². The molecule has 1 heterocycles. The molecule has 1 atom stereocenters. The van der Waals surface area contributed by atoms with E-state index in [2.05, 4.69) is 15.9 Å². The van der Waals surface area contributed by atoms with Gasteiger partial charge in [-0.3, -0.25) is 4.90 Å². The van der Waals surface area contributed by atoms with Crippen LogP contribution < -0.4 is 9.64 Å². The van der Waals surface area contributed by atoms with E-state index in [-0.39, 0.29) is 13.2 Å². The summed E-state index contributed by atoms with van der Waals surface area (Å²) in [6.07, 6.45) is -1.77. The number of hydrogen-bond acceptors (Lipinski definition) is 4. The van der Waals surface area contributed by atoms with Gasteiger partial charge in [-0.2, -0.15) is 0 Å². The number of aliphatic carboxylic acids is 1. The normalized spacial score (nSPS) is 16.0. The molecule has 6 nitrogen and oxygen atoms in total. The molecule has 0 aliphatic carbocycles. The molecule has 124 valence electrons. The highest BCUT2D eigenvalue weighted by molar-refractivity contribution is 9.10. The third kappa shape index (κ3) is 3.35. The van der Waals surface area contributed by atoms with Gasteiger partial charge >= 0.3 is 12.1 Å². The van der Waals surface area contributed by atoms with Crippen LogP contribution in [0, 0.1) is 0 Å². The molecule has 0 saturated carbocycles. The first kappa shape index (κ1) is 16.3. The summed E-state index contributed by atoms with van der Waals surface area (Å²) >= 11 is 3.31. The van der Waals surface area contributed by atoms with Crippen LogP contribution in [-0.4, -0.2) is 29.8 Å². The lowest BCUT2D eigenvalue weighted by atomic mass is 10.2. The quantitative estimate of drug-likeness (QED) is 0.866. The van der Waals surface area contributed by atoms with E-state index < -0.39 is 18.2 Å². The van der Waals surface area contributed by atoms with Crippen molar-refractivity contribution in [2.24, 2.45) is 0 Å². The minimum Gasteiger partial charge on any atom is -0.478 e. The highest BCUT2D eigenvalue weighted by atomic mass is 79.9. The summed E-state index contributed by atoms with van der Waals surface area (Å²) in [4.78, 5) is 25.0. The van der Waals surface area contributed by atoms with E-state index in [0.29, 0.717) is 15.9 Å². The Morgan fingerprint density at radius 2 is 1.96 bits per heavy atom. The van der Waals surface area contributed by atoms with Gasteiger partial charge in [0.05, 0.1) is 16.7 Å². The zero-order valence-electron chi connectivity index (χ0n) is 12.5.